The summed E-state index contributed by atoms with van der Waals surface area (Å²) in [5, 5.41) is 2.83. The minimum absolute atomic E-state index is 0.114. The number of aryl methyl sites for hydroxylation is 1. The fourth-order valence-electron chi connectivity index (χ4n) is 2.99. The molecule has 0 saturated heterocycles. The molecule has 6 nitrogen and oxygen atoms in total. The highest BCUT2D eigenvalue weighted by atomic mass is 32.2. The molecule has 0 aliphatic carbocycles. The number of nitrogens with one attached hydrogen (secondary N) is 2. The zero-order valence-corrected chi connectivity index (χ0v) is 19.9. The second-order valence-electron chi connectivity index (χ2n) is 7.32. The predicted octanol–water partition coefficient (Wildman–Crippen LogP) is 4.75. The molecule has 2 aromatic rings. The molecule has 2 N–H and O–H groups in total. The summed E-state index contributed by atoms with van der Waals surface area (Å²) in [6, 6.07) is 10.1. The summed E-state index contributed by atoms with van der Waals surface area (Å²) >= 11 is 1.45. The van der Waals surface area contributed by atoms with Crippen LogP contribution in [0.4, 0.5) is 5.69 Å². The van der Waals surface area contributed by atoms with Gasteiger partial charge in [-0.05, 0) is 55.0 Å². The van der Waals surface area contributed by atoms with Gasteiger partial charge in [-0.15, -0.1) is 11.8 Å². The van der Waals surface area contributed by atoms with E-state index in [2.05, 4.69) is 10.0 Å². The molecule has 30 heavy (non-hydrogen) atoms. The number of hydrogen-bond acceptors (Lipinski definition) is 5. The maximum absolute atomic E-state index is 13.1. The molecule has 0 radical (unpaired) electrons. The van der Waals surface area contributed by atoms with Gasteiger partial charge in [0.15, 0.2) is 0 Å². The van der Waals surface area contributed by atoms with Crippen LogP contribution in [0.15, 0.2) is 46.2 Å². The van der Waals surface area contributed by atoms with E-state index in [1.54, 1.807) is 33.1 Å². The van der Waals surface area contributed by atoms with Crippen LogP contribution in [0.2, 0.25) is 0 Å². The van der Waals surface area contributed by atoms with Crippen molar-refractivity contribution in [1.82, 2.24) is 4.72 Å². The lowest BCUT2D eigenvalue weighted by atomic mass is 10.0. The van der Waals surface area contributed by atoms with Crippen molar-refractivity contribution in [1.29, 1.82) is 0 Å². The summed E-state index contributed by atoms with van der Waals surface area (Å²) in [5.74, 6) is 0.392. The van der Waals surface area contributed by atoms with Gasteiger partial charge in [-0.1, -0.05) is 32.9 Å². The maximum Gasteiger partial charge on any atom is 0.241 e. The van der Waals surface area contributed by atoms with Gasteiger partial charge in [-0.25, -0.2) is 13.1 Å². The Hall–Kier alpha value is -2.03. The Kier molecular flexibility index (Phi) is 8.34. The molecule has 1 unspecified atom stereocenters. The SMILES string of the molecule is CCC(NS(=O)(=O)c1ccc(SC)c(NC(=O)C(C)C)c1)c1ccc(OC)c(C)c1. The van der Waals surface area contributed by atoms with E-state index in [0.717, 1.165) is 21.8 Å². The molecule has 0 saturated carbocycles. The third-order valence-electron chi connectivity index (χ3n) is 4.79. The van der Waals surface area contributed by atoms with Gasteiger partial charge in [0, 0.05) is 16.9 Å². The van der Waals surface area contributed by atoms with Gasteiger partial charge in [0.1, 0.15) is 5.75 Å². The predicted molar refractivity (Wildman–Crippen MR) is 123 cm³/mol. The number of ether oxygens (including phenoxy) is 1. The first-order chi connectivity index (χ1) is 14.1. The summed E-state index contributed by atoms with van der Waals surface area (Å²) in [4.78, 5) is 13.1. The number of amides is 1. The number of benzene rings is 2. The van der Waals surface area contributed by atoms with E-state index < -0.39 is 10.0 Å². The monoisotopic (exact) mass is 450 g/mol. The van der Waals surface area contributed by atoms with Crippen LogP contribution in [0.1, 0.15) is 44.4 Å². The van der Waals surface area contributed by atoms with Crippen molar-refractivity contribution in [3.05, 3.63) is 47.5 Å². The van der Waals surface area contributed by atoms with Crippen LogP contribution in [0.5, 0.6) is 5.75 Å². The van der Waals surface area contributed by atoms with E-state index in [1.165, 1.54) is 17.8 Å². The zero-order valence-electron chi connectivity index (χ0n) is 18.3. The number of sulfonamides is 1. The van der Waals surface area contributed by atoms with E-state index in [-0.39, 0.29) is 22.8 Å². The largest absolute Gasteiger partial charge is 0.496 e. The smallest absolute Gasteiger partial charge is 0.241 e. The van der Waals surface area contributed by atoms with Crippen LogP contribution in [-0.2, 0) is 14.8 Å². The molecule has 0 fully saturated rings. The summed E-state index contributed by atoms with van der Waals surface area (Å²) in [6.07, 6.45) is 2.47. The van der Waals surface area contributed by atoms with Gasteiger partial charge < -0.3 is 10.1 Å². The molecule has 8 heteroatoms. The van der Waals surface area contributed by atoms with Crippen molar-refractivity contribution in [2.45, 2.75) is 49.9 Å². The fraction of sp³-hybridized carbons (Fsp3) is 0.409. The molecule has 2 aromatic carbocycles. The number of methoxy groups -OCH3 is 1. The van der Waals surface area contributed by atoms with Gasteiger partial charge in [0.05, 0.1) is 17.7 Å². The summed E-state index contributed by atoms with van der Waals surface area (Å²) in [6.45, 7) is 7.43. The lowest BCUT2D eigenvalue weighted by molar-refractivity contribution is -0.118. The average molecular weight is 451 g/mol. The average Bonchev–Trinajstić information content (AvgIpc) is 2.71. The molecule has 0 aromatic heterocycles. The van der Waals surface area contributed by atoms with E-state index in [9.17, 15) is 13.2 Å². The van der Waals surface area contributed by atoms with Crippen molar-refractivity contribution in [3.63, 3.8) is 0 Å². The lowest BCUT2D eigenvalue weighted by Crippen LogP contribution is -2.28. The molecular weight excluding hydrogens is 420 g/mol. The highest BCUT2D eigenvalue weighted by molar-refractivity contribution is 7.98. The van der Waals surface area contributed by atoms with Crippen LogP contribution < -0.4 is 14.8 Å². The quantitative estimate of drug-likeness (QED) is 0.539. The van der Waals surface area contributed by atoms with Crippen molar-refractivity contribution in [2.24, 2.45) is 5.92 Å². The van der Waals surface area contributed by atoms with Crippen molar-refractivity contribution in [2.75, 3.05) is 18.7 Å². The van der Waals surface area contributed by atoms with Crippen LogP contribution in [0.25, 0.3) is 0 Å². The molecule has 1 amide bonds. The number of carbonyl (C=O) groups is 1. The van der Waals surface area contributed by atoms with Gasteiger partial charge in [-0.2, -0.15) is 0 Å². The maximum atomic E-state index is 13.1. The number of hydrogen-bond donors (Lipinski definition) is 2. The van der Waals surface area contributed by atoms with E-state index in [0.29, 0.717) is 12.1 Å². The first-order valence-corrected chi connectivity index (χ1v) is 12.5. The number of carbonyl (C=O) groups excluding carboxylic acids is 1. The third-order valence-corrected chi connectivity index (χ3v) is 7.06. The molecule has 164 valence electrons. The number of rotatable bonds is 9. The molecule has 0 heterocycles. The minimum Gasteiger partial charge on any atom is -0.496 e. The van der Waals surface area contributed by atoms with Crippen LogP contribution >= 0.6 is 11.8 Å². The highest BCUT2D eigenvalue weighted by Crippen LogP contribution is 2.30. The number of thioether (sulfide) groups is 1. The molecule has 0 aliphatic rings. The second kappa shape index (κ2) is 10.3. The van der Waals surface area contributed by atoms with Gasteiger partial charge in [0.2, 0.25) is 15.9 Å². The fourth-order valence-corrected chi connectivity index (χ4v) is 4.86. The van der Waals surface area contributed by atoms with Gasteiger partial charge in [0.25, 0.3) is 0 Å². The van der Waals surface area contributed by atoms with E-state index >= 15 is 0 Å². The minimum atomic E-state index is -3.79. The first-order valence-electron chi connectivity index (χ1n) is 9.78. The Morgan fingerprint density at radius 3 is 2.40 bits per heavy atom. The third kappa shape index (κ3) is 5.77. The Bertz CT molecular complexity index is 1000. The van der Waals surface area contributed by atoms with Gasteiger partial charge in [-0.3, -0.25) is 4.79 Å². The molecule has 0 bridgehead atoms. The van der Waals surface area contributed by atoms with Gasteiger partial charge >= 0.3 is 0 Å². The normalized spacial score (nSPS) is 12.6. The van der Waals surface area contributed by atoms with Crippen LogP contribution in [-0.4, -0.2) is 27.7 Å². The number of anilines is 1. The Labute approximate surface area is 183 Å². The molecular formula is C22H30N2O4S2. The highest BCUT2D eigenvalue weighted by Gasteiger charge is 2.22. The van der Waals surface area contributed by atoms with Crippen LogP contribution in [0.3, 0.4) is 0 Å². The Morgan fingerprint density at radius 1 is 1.17 bits per heavy atom. The van der Waals surface area contributed by atoms with Crippen molar-refractivity contribution in [3.8, 4) is 5.75 Å². The molecule has 2 rings (SSSR count). The Balaban J connectivity index is 2.35. The Morgan fingerprint density at radius 2 is 1.87 bits per heavy atom. The molecule has 0 aliphatic heterocycles. The molecule has 0 spiro atoms. The first kappa shape index (κ1) is 24.2. The summed E-state index contributed by atoms with van der Waals surface area (Å²) < 4.78 is 34.3. The van der Waals surface area contributed by atoms with Crippen molar-refractivity contribution < 1.29 is 17.9 Å². The molecule has 1 atom stereocenters. The topological polar surface area (TPSA) is 84.5 Å². The second-order valence-corrected chi connectivity index (χ2v) is 9.88. The summed E-state index contributed by atoms with van der Waals surface area (Å²) in [5.41, 5.74) is 2.31. The zero-order chi connectivity index (χ0) is 22.5. The van der Waals surface area contributed by atoms with E-state index in [1.807, 2.05) is 38.3 Å². The van der Waals surface area contributed by atoms with Crippen molar-refractivity contribution >= 4 is 33.4 Å². The standard InChI is InChI=1S/C22H30N2O4S2/c1-7-18(16-8-10-20(28-5)15(4)12-16)24-30(26,27)17-9-11-21(29-6)19(13-17)23-22(25)14(2)3/h8-14,18,24H,7H2,1-6H3,(H,23,25). The van der Waals surface area contributed by atoms with Crippen LogP contribution in [0, 0.1) is 12.8 Å². The lowest BCUT2D eigenvalue weighted by Gasteiger charge is -2.20. The van der Waals surface area contributed by atoms with E-state index in [4.69, 9.17) is 4.74 Å². The summed E-state index contributed by atoms with van der Waals surface area (Å²) in [7, 11) is -2.19.